The lowest BCUT2D eigenvalue weighted by atomic mass is 11.3. The van der Waals surface area contributed by atoms with E-state index < -0.39 is 0 Å². The Hall–Kier alpha value is 0.170. The van der Waals surface area contributed by atoms with Gasteiger partial charge in [-0.1, -0.05) is 0 Å². The first-order valence-electron chi connectivity index (χ1n) is 0.985. The lowest BCUT2D eigenvalue weighted by Crippen LogP contribution is -2.16. The van der Waals surface area contributed by atoms with E-state index >= 15 is 0 Å². The number of nitrogens with one attached hydrogen (secondary N) is 1. The molecule has 0 aliphatic carbocycles. The lowest BCUT2D eigenvalue weighted by molar-refractivity contribution is 0.170. The minimum Gasteiger partial charge on any atom is -0.317 e. The molecule has 0 rings (SSSR count). The SMILES string of the molecule is Cl.NCNO. The highest BCUT2D eigenvalue weighted by Gasteiger charge is 1.50. The predicted octanol–water partition coefficient (Wildman–Crippen LogP) is -0.697. The quantitative estimate of drug-likeness (QED) is 0.300. The van der Waals surface area contributed by atoms with Gasteiger partial charge in [0.05, 0.1) is 6.67 Å². The van der Waals surface area contributed by atoms with Gasteiger partial charge >= 0.3 is 0 Å². The molecule has 0 aromatic heterocycles. The molecule has 0 aromatic carbocycles. The molecule has 0 aliphatic heterocycles. The van der Waals surface area contributed by atoms with Gasteiger partial charge in [0.25, 0.3) is 0 Å². The van der Waals surface area contributed by atoms with Crippen LogP contribution in [-0.4, -0.2) is 11.9 Å². The van der Waals surface area contributed by atoms with E-state index in [9.17, 15) is 0 Å². The van der Waals surface area contributed by atoms with Gasteiger partial charge < -0.3 is 10.9 Å². The second kappa shape index (κ2) is 8.90. The van der Waals surface area contributed by atoms with E-state index in [-0.39, 0.29) is 19.1 Å². The smallest absolute Gasteiger partial charge is 0.0673 e. The van der Waals surface area contributed by atoms with Crippen molar-refractivity contribution in [3.63, 3.8) is 0 Å². The Morgan fingerprint density at radius 3 is 2.00 bits per heavy atom. The van der Waals surface area contributed by atoms with Crippen LogP contribution >= 0.6 is 12.4 Å². The fraction of sp³-hybridized carbons (Fsp3) is 1.00. The molecule has 4 heteroatoms. The predicted molar refractivity (Wildman–Crippen MR) is 21.2 cm³/mol. The summed E-state index contributed by atoms with van der Waals surface area (Å²) >= 11 is 0. The highest BCUT2D eigenvalue weighted by Crippen LogP contribution is 1.14. The Kier molecular flexibility index (Phi) is 15.9. The average molecular weight is 98.5 g/mol. The zero-order valence-corrected chi connectivity index (χ0v) is 3.46. The lowest BCUT2D eigenvalue weighted by Gasteiger charge is -1.76. The number of hydrogen-bond acceptors (Lipinski definition) is 3. The molecule has 0 bridgehead atoms. The summed E-state index contributed by atoms with van der Waals surface area (Å²) in [5.41, 5.74) is 6.38. The van der Waals surface area contributed by atoms with E-state index in [0.717, 1.165) is 0 Å². The molecule has 34 valence electrons. The Labute approximate surface area is 36.5 Å². The molecule has 0 saturated carbocycles. The van der Waals surface area contributed by atoms with Crippen LogP contribution in [0.3, 0.4) is 0 Å². The first-order valence-corrected chi connectivity index (χ1v) is 0.985. The van der Waals surface area contributed by atoms with Gasteiger partial charge in [-0.25, -0.2) is 0 Å². The van der Waals surface area contributed by atoms with Crippen molar-refractivity contribution >= 4 is 12.4 Å². The van der Waals surface area contributed by atoms with E-state index in [1.165, 1.54) is 0 Å². The van der Waals surface area contributed by atoms with Gasteiger partial charge in [0.1, 0.15) is 0 Å². The summed E-state index contributed by atoms with van der Waals surface area (Å²) in [4.78, 5) is 0. The molecule has 0 aromatic rings. The Morgan fingerprint density at radius 1 is 1.80 bits per heavy atom. The summed E-state index contributed by atoms with van der Waals surface area (Å²) in [7, 11) is 0. The van der Waals surface area contributed by atoms with Crippen LogP contribution in [0.2, 0.25) is 0 Å². The van der Waals surface area contributed by atoms with Crippen molar-refractivity contribution in [2.75, 3.05) is 6.67 Å². The molecule has 0 radical (unpaired) electrons. The average Bonchev–Trinajstić information content (AvgIpc) is 1.37. The van der Waals surface area contributed by atoms with Gasteiger partial charge in [0.15, 0.2) is 0 Å². The van der Waals surface area contributed by atoms with Gasteiger partial charge in [-0.05, 0) is 0 Å². The summed E-state index contributed by atoms with van der Waals surface area (Å²) in [5, 5.41) is 7.50. The standard InChI is InChI=1S/CH6N2O.ClH/c2-1-3-4;/h3-4H,1-2H2;1H. The van der Waals surface area contributed by atoms with Crippen molar-refractivity contribution in [2.45, 2.75) is 0 Å². The van der Waals surface area contributed by atoms with Gasteiger partial charge in [0.2, 0.25) is 0 Å². The van der Waals surface area contributed by atoms with Gasteiger partial charge in [-0.2, -0.15) is 5.48 Å². The first kappa shape index (κ1) is 8.95. The zero-order valence-electron chi connectivity index (χ0n) is 2.64. The van der Waals surface area contributed by atoms with Crippen LogP contribution in [0.25, 0.3) is 0 Å². The fourth-order valence-electron chi connectivity index (χ4n) is 0. The van der Waals surface area contributed by atoms with Crippen LogP contribution in [0.4, 0.5) is 0 Å². The monoisotopic (exact) mass is 98.0 g/mol. The van der Waals surface area contributed by atoms with Gasteiger partial charge in [-0.3, -0.25) is 0 Å². The summed E-state index contributed by atoms with van der Waals surface area (Å²) in [6.45, 7) is 0.125. The van der Waals surface area contributed by atoms with Gasteiger partial charge in [-0.15, -0.1) is 12.4 Å². The number of halogens is 1. The van der Waals surface area contributed by atoms with Crippen molar-refractivity contribution in [3.05, 3.63) is 0 Å². The van der Waals surface area contributed by atoms with Gasteiger partial charge in [0, 0.05) is 0 Å². The molecule has 4 N–H and O–H groups in total. The van der Waals surface area contributed by atoms with E-state index in [4.69, 9.17) is 5.21 Å². The third-order valence-corrected chi connectivity index (χ3v) is 0.0913. The molecule has 0 atom stereocenters. The molecule has 3 nitrogen and oxygen atoms in total. The third kappa shape index (κ3) is 14.3. The number of nitrogens with two attached hydrogens (primary N) is 1. The molecule has 5 heavy (non-hydrogen) atoms. The highest BCUT2D eigenvalue weighted by molar-refractivity contribution is 5.85. The molecule has 0 unspecified atom stereocenters. The van der Waals surface area contributed by atoms with Crippen LogP contribution in [-0.2, 0) is 0 Å². The van der Waals surface area contributed by atoms with Crippen molar-refractivity contribution in [3.8, 4) is 0 Å². The minimum atomic E-state index is 0. The van der Waals surface area contributed by atoms with E-state index in [0.29, 0.717) is 0 Å². The van der Waals surface area contributed by atoms with Crippen molar-refractivity contribution in [2.24, 2.45) is 5.73 Å². The maximum Gasteiger partial charge on any atom is 0.0673 e. The molecule has 0 spiro atoms. The van der Waals surface area contributed by atoms with E-state index in [1.54, 1.807) is 5.48 Å². The van der Waals surface area contributed by atoms with Crippen molar-refractivity contribution < 1.29 is 5.21 Å². The molecule has 0 amide bonds. The van der Waals surface area contributed by atoms with Crippen LogP contribution in [0.15, 0.2) is 0 Å². The second-order valence-electron chi connectivity index (χ2n) is 0.362. The molecule has 0 fully saturated rings. The summed E-state index contributed by atoms with van der Waals surface area (Å²) in [6.07, 6.45) is 0. The summed E-state index contributed by atoms with van der Waals surface area (Å²) in [5.74, 6) is 0. The first-order chi connectivity index (χ1) is 1.91. The van der Waals surface area contributed by atoms with Crippen LogP contribution in [0.5, 0.6) is 0 Å². The number of hydroxylamine groups is 1. The molecule has 0 saturated heterocycles. The maximum absolute atomic E-state index is 7.50. The van der Waals surface area contributed by atoms with Crippen LogP contribution < -0.4 is 11.2 Å². The zero-order chi connectivity index (χ0) is 3.41. The second-order valence-corrected chi connectivity index (χ2v) is 0.362. The highest BCUT2D eigenvalue weighted by atomic mass is 35.5. The third-order valence-electron chi connectivity index (χ3n) is 0.0913. The Balaban J connectivity index is 0. The van der Waals surface area contributed by atoms with Crippen molar-refractivity contribution in [1.82, 2.24) is 5.48 Å². The summed E-state index contributed by atoms with van der Waals surface area (Å²) < 4.78 is 0. The summed E-state index contributed by atoms with van der Waals surface area (Å²) in [6, 6.07) is 0. The normalized spacial score (nSPS) is 6.00. The Morgan fingerprint density at radius 2 is 2.00 bits per heavy atom. The number of rotatable bonds is 1. The van der Waals surface area contributed by atoms with Crippen molar-refractivity contribution in [1.29, 1.82) is 0 Å². The molecule has 0 aliphatic rings. The molecule has 0 heterocycles. The maximum atomic E-state index is 7.50. The van der Waals surface area contributed by atoms with E-state index in [2.05, 4.69) is 5.73 Å². The van der Waals surface area contributed by atoms with E-state index in [1.807, 2.05) is 0 Å². The minimum absolute atomic E-state index is 0. The number of hydrogen-bond donors (Lipinski definition) is 3. The Bertz CT molecular complexity index is 11.6. The van der Waals surface area contributed by atoms with Crippen LogP contribution in [0, 0.1) is 0 Å². The molecular weight excluding hydrogens is 91.5 g/mol. The topological polar surface area (TPSA) is 58.3 Å². The largest absolute Gasteiger partial charge is 0.317 e. The van der Waals surface area contributed by atoms with Crippen LogP contribution in [0.1, 0.15) is 0 Å². The molecular formula is CH7ClN2O. The fourth-order valence-corrected chi connectivity index (χ4v) is 0.